The number of carbonyl (C=O) groups excluding carboxylic acids is 3. The number of rotatable bonds is 5. The molecule has 2 saturated heterocycles. The summed E-state index contributed by atoms with van der Waals surface area (Å²) in [7, 11) is 1.54. The van der Waals surface area contributed by atoms with Crippen LogP contribution in [0, 0.1) is 5.92 Å². The van der Waals surface area contributed by atoms with E-state index in [-0.39, 0.29) is 30.2 Å². The fourth-order valence-corrected chi connectivity index (χ4v) is 4.03. The number of benzene rings is 1. The Labute approximate surface area is 169 Å². The Bertz CT molecular complexity index is 770. The predicted octanol–water partition coefficient (Wildman–Crippen LogP) is 2.22. The second-order valence-corrected chi connectivity index (χ2v) is 7.70. The third-order valence-corrected chi connectivity index (χ3v) is 5.56. The highest BCUT2D eigenvalue weighted by molar-refractivity contribution is 6.31. The molecule has 3 rings (SSSR count). The van der Waals surface area contributed by atoms with Crippen molar-refractivity contribution >= 4 is 35.0 Å². The van der Waals surface area contributed by atoms with Crippen molar-refractivity contribution < 1.29 is 19.1 Å². The second kappa shape index (κ2) is 8.82. The number of nitrogens with one attached hydrogen (secondary N) is 1. The molecule has 28 heavy (non-hydrogen) atoms. The second-order valence-electron chi connectivity index (χ2n) is 7.27. The van der Waals surface area contributed by atoms with Crippen LogP contribution in [0.25, 0.3) is 0 Å². The smallest absolute Gasteiger partial charge is 0.228 e. The standard InChI is InChI=1S/C20H26ClN3O4/c1-3-18(25)22-15-5-4-8-23(12-15)20(27)13-9-19(26)24(11-13)16-10-14(21)6-7-17(16)28-2/h6-7,10,13,15H,3-5,8-9,11-12H2,1-2H3,(H,22,25). The molecule has 0 saturated carbocycles. The summed E-state index contributed by atoms with van der Waals surface area (Å²) in [5, 5.41) is 3.47. The Morgan fingerprint density at radius 1 is 1.32 bits per heavy atom. The minimum Gasteiger partial charge on any atom is -0.495 e. The quantitative estimate of drug-likeness (QED) is 0.811. The van der Waals surface area contributed by atoms with Crippen molar-refractivity contribution in [1.82, 2.24) is 10.2 Å². The van der Waals surface area contributed by atoms with Gasteiger partial charge in [0.25, 0.3) is 0 Å². The number of nitrogens with zero attached hydrogens (tertiary/aromatic N) is 2. The first-order chi connectivity index (χ1) is 13.4. The Balaban J connectivity index is 1.68. The normalized spacial score (nSPS) is 22.3. The maximum absolute atomic E-state index is 13.0. The number of amides is 3. The fraction of sp³-hybridized carbons (Fsp3) is 0.550. The molecule has 7 nitrogen and oxygen atoms in total. The molecule has 2 atom stereocenters. The maximum Gasteiger partial charge on any atom is 0.228 e. The summed E-state index contributed by atoms with van der Waals surface area (Å²) in [6, 6.07) is 5.07. The Morgan fingerprint density at radius 3 is 2.82 bits per heavy atom. The van der Waals surface area contributed by atoms with E-state index in [1.54, 1.807) is 28.0 Å². The molecule has 3 amide bonds. The van der Waals surface area contributed by atoms with E-state index in [1.807, 2.05) is 6.92 Å². The van der Waals surface area contributed by atoms with Gasteiger partial charge in [0, 0.05) is 43.5 Å². The molecule has 0 aromatic heterocycles. The van der Waals surface area contributed by atoms with Gasteiger partial charge < -0.3 is 19.9 Å². The Hall–Kier alpha value is -2.28. The van der Waals surface area contributed by atoms with Gasteiger partial charge in [-0.05, 0) is 31.0 Å². The number of hydrogen-bond donors (Lipinski definition) is 1. The molecule has 0 bridgehead atoms. The summed E-state index contributed by atoms with van der Waals surface area (Å²) < 4.78 is 5.35. The summed E-state index contributed by atoms with van der Waals surface area (Å²) >= 11 is 6.09. The minimum atomic E-state index is -0.406. The molecule has 0 aliphatic carbocycles. The van der Waals surface area contributed by atoms with Crippen molar-refractivity contribution in [1.29, 1.82) is 0 Å². The number of halogens is 1. The summed E-state index contributed by atoms with van der Waals surface area (Å²) in [6.07, 6.45) is 2.30. The molecule has 1 N–H and O–H groups in total. The van der Waals surface area contributed by atoms with Gasteiger partial charge in [0.15, 0.2) is 0 Å². The van der Waals surface area contributed by atoms with E-state index in [4.69, 9.17) is 16.3 Å². The highest BCUT2D eigenvalue weighted by atomic mass is 35.5. The molecule has 1 aromatic rings. The minimum absolute atomic E-state index is 0.00503. The molecular weight excluding hydrogens is 382 g/mol. The lowest BCUT2D eigenvalue weighted by Crippen LogP contribution is -2.51. The van der Waals surface area contributed by atoms with E-state index in [0.717, 1.165) is 12.8 Å². The number of anilines is 1. The van der Waals surface area contributed by atoms with Crippen LogP contribution in [0.1, 0.15) is 32.6 Å². The van der Waals surface area contributed by atoms with Gasteiger partial charge >= 0.3 is 0 Å². The lowest BCUT2D eigenvalue weighted by Gasteiger charge is -2.34. The monoisotopic (exact) mass is 407 g/mol. The number of ether oxygens (including phenoxy) is 1. The first-order valence-corrected chi connectivity index (χ1v) is 10.0. The van der Waals surface area contributed by atoms with Crippen LogP contribution in [0.2, 0.25) is 5.02 Å². The molecule has 2 aliphatic heterocycles. The van der Waals surface area contributed by atoms with Crippen molar-refractivity contribution in [3.8, 4) is 5.75 Å². The zero-order valence-electron chi connectivity index (χ0n) is 16.2. The molecule has 2 fully saturated rings. The van der Waals surface area contributed by atoms with Gasteiger partial charge in [-0.15, -0.1) is 0 Å². The van der Waals surface area contributed by atoms with Crippen molar-refractivity contribution in [2.75, 3.05) is 31.6 Å². The lowest BCUT2D eigenvalue weighted by molar-refractivity contribution is -0.137. The number of hydrogen-bond acceptors (Lipinski definition) is 4. The molecular formula is C20H26ClN3O4. The van der Waals surface area contributed by atoms with Gasteiger partial charge in [-0.1, -0.05) is 18.5 Å². The van der Waals surface area contributed by atoms with E-state index in [2.05, 4.69) is 5.32 Å². The van der Waals surface area contributed by atoms with Crippen LogP contribution < -0.4 is 15.0 Å². The van der Waals surface area contributed by atoms with Crippen LogP contribution in [0.5, 0.6) is 5.75 Å². The first-order valence-electron chi connectivity index (χ1n) is 9.65. The topological polar surface area (TPSA) is 79.0 Å². The van der Waals surface area contributed by atoms with Crippen molar-refractivity contribution in [2.45, 2.75) is 38.6 Å². The summed E-state index contributed by atoms with van der Waals surface area (Å²) in [6.45, 7) is 3.26. The van der Waals surface area contributed by atoms with Gasteiger partial charge in [0.2, 0.25) is 17.7 Å². The van der Waals surface area contributed by atoms with Crippen LogP contribution in [0.15, 0.2) is 18.2 Å². The van der Waals surface area contributed by atoms with Crippen molar-refractivity contribution in [3.63, 3.8) is 0 Å². The van der Waals surface area contributed by atoms with E-state index in [1.165, 1.54) is 7.11 Å². The van der Waals surface area contributed by atoms with Crippen molar-refractivity contribution in [2.24, 2.45) is 5.92 Å². The number of likely N-dealkylation sites (tertiary alicyclic amines) is 1. The van der Waals surface area contributed by atoms with E-state index in [9.17, 15) is 14.4 Å². The fourth-order valence-electron chi connectivity index (χ4n) is 3.86. The van der Waals surface area contributed by atoms with Crippen LogP contribution in [0.3, 0.4) is 0 Å². The molecule has 2 unspecified atom stereocenters. The Morgan fingerprint density at radius 2 is 2.11 bits per heavy atom. The van der Waals surface area contributed by atoms with Crippen molar-refractivity contribution in [3.05, 3.63) is 23.2 Å². The highest BCUT2D eigenvalue weighted by Crippen LogP contribution is 2.35. The van der Waals surface area contributed by atoms with E-state index in [0.29, 0.717) is 42.5 Å². The zero-order chi connectivity index (χ0) is 20.3. The average Bonchev–Trinajstić information content (AvgIpc) is 3.09. The molecule has 8 heteroatoms. The van der Waals surface area contributed by atoms with E-state index >= 15 is 0 Å². The largest absolute Gasteiger partial charge is 0.495 e. The van der Waals surface area contributed by atoms with E-state index < -0.39 is 5.92 Å². The number of methoxy groups -OCH3 is 1. The molecule has 2 heterocycles. The van der Waals surface area contributed by atoms with Crippen LogP contribution in [-0.2, 0) is 14.4 Å². The third-order valence-electron chi connectivity index (χ3n) is 5.33. The lowest BCUT2D eigenvalue weighted by atomic mass is 10.0. The van der Waals surface area contributed by atoms with Gasteiger partial charge in [-0.2, -0.15) is 0 Å². The van der Waals surface area contributed by atoms with Gasteiger partial charge in [-0.25, -0.2) is 0 Å². The third kappa shape index (κ3) is 4.41. The average molecular weight is 408 g/mol. The maximum atomic E-state index is 13.0. The first kappa shape index (κ1) is 20.5. The Kier molecular flexibility index (Phi) is 6.44. The number of piperidine rings is 1. The van der Waals surface area contributed by atoms with Gasteiger partial charge in [0.1, 0.15) is 5.75 Å². The van der Waals surface area contributed by atoms with Crippen LogP contribution >= 0.6 is 11.6 Å². The highest BCUT2D eigenvalue weighted by Gasteiger charge is 2.39. The summed E-state index contributed by atoms with van der Waals surface area (Å²) in [5.41, 5.74) is 0.585. The SMILES string of the molecule is CCC(=O)NC1CCCN(C(=O)C2CC(=O)N(c3cc(Cl)ccc3OC)C2)C1. The molecule has 0 radical (unpaired) electrons. The van der Waals surface area contributed by atoms with Crippen LogP contribution in [0.4, 0.5) is 5.69 Å². The number of carbonyl (C=O) groups is 3. The molecule has 2 aliphatic rings. The molecule has 152 valence electrons. The predicted molar refractivity (Wildman–Crippen MR) is 106 cm³/mol. The van der Waals surface area contributed by atoms with Gasteiger partial charge in [-0.3, -0.25) is 14.4 Å². The molecule has 1 aromatic carbocycles. The van der Waals surface area contributed by atoms with Crippen LogP contribution in [-0.4, -0.2) is 55.4 Å². The zero-order valence-corrected chi connectivity index (χ0v) is 17.0. The summed E-state index contributed by atoms with van der Waals surface area (Å²) in [5.74, 6) is -0.0170. The summed E-state index contributed by atoms with van der Waals surface area (Å²) in [4.78, 5) is 40.6. The van der Waals surface area contributed by atoms with Gasteiger partial charge in [0.05, 0.1) is 18.7 Å². The molecule has 0 spiro atoms.